The first-order valence-electron chi connectivity index (χ1n) is 3.82. The largest absolute Gasteiger partial charge is 0.360 e. The van der Waals surface area contributed by atoms with Gasteiger partial charge in [-0.2, -0.15) is 0 Å². The molecular formula is C9H11NO. The van der Waals surface area contributed by atoms with Gasteiger partial charge in [-0.3, -0.25) is 0 Å². The lowest BCUT2D eigenvalue weighted by molar-refractivity contribution is 0.0636. The molecule has 1 N–H and O–H groups in total. The number of hydrogen-bond donors (Lipinski definition) is 1. The smallest absolute Gasteiger partial charge is 0.125 e. The van der Waals surface area contributed by atoms with Gasteiger partial charge in [-0.05, 0) is 13.0 Å². The Kier molecular flexibility index (Phi) is 1.55. The van der Waals surface area contributed by atoms with Crippen LogP contribution < -0.4 is 5.32 Å². The summed E-state index contributed by atoms with van der Waals surface area (Å²) in [5, 5.41) is 3.24. The first-order valence-corrected chi connectivity index (χ1v) is 3.82. The molecule has 0 spiro atoms. The van der Waals surface area contributed by atoms with Crippen LogP contribution in [0, 0.1) is 0 Å². The predicted molar refractivity (Wildman–Crippen MR) is 44.3 cm³/mol. The molecule has 0 aromatic heterocycles. The Hall–Kier alpha value is -1.02. The average Bonchev–Trinajstić information content (AvgIpc) is 2.04. The Bertz CT molecular complexity index is 259. The summed E-state index contributed by atoms with van der Waals surface area (Å²) in [4.78, 5) is 0. The number of para-hydroxylation sites is 1. The summed E-state index contributed by atoms with van der Waals surface area (Å²) in [6.45, 7) is 2.74. The van der Waals surface area contributed by atoms with E-state index in [1.54, 1.807) is 0 Å². The van der Waals surface area contributed by atoms with E-state index in [2.05, 4.69) is 17.4 Å². The Morgan fingerprint density at radius 1 is 1.45 bits per heavy atom. The van der Waals surface area contributed by atoms with E-state index >= 15 is 0 Å². The number of rotatable bonds is 0. The van der Waals surface area contributed by atoms with Crippen molar-refractivity contribution < 1.29 is 4.74 Å². The van der Waals surface area contributed by atoms with Crippen molar-refractivity contribution in [2.75, 3.05) is 5.32 Å². The number of nitrogens with one attached hydrogen (secondary N) is 1. The molecule has 1 unspecified atom stereocenters. The van der Waals surface area contributed by atoms with E-state index in [0.717, 1.165) is 6.61 Å². The van der Waals surface area contributed by atoms with Gasteiger partial charge in [0, 0.05) is 11.3 Å². The summed E-state index contributed by atoms with van der Waals surface area (Å²) in [7, 11) is 0. The van der Waals surface area contributed by atoms with Gasteiger partial charge in [0.15, 0.2) is 0 Å². The van der Waals surface area contributed by atoms with E-state index in [9.17, 15) is 0 Å². The molecule has 0 aliphatic carbocycles. The molecule has 2 nitrogen and oxygen atoms in total. The van der Waals surface area contributed by atoms with Gasteiger partial charge in [0.05, 0.1) is 6.61 Å². The third-order valence-corrected chi connectivity index (χ3v) is 1.86. The van der Waals surface area contributed by atoms with Gasteiger partial charge in [-0.1, -0.05) is 18.2 Å². The topological polar surface area (TPSA) is 21.3 Å². The van der Waals surface area contributed by atoms with Crippen molar-refractivity contribution in [2.45, 2.75) is 19.8 Å². The third kappa shape index (κ3) is 1.21. The molecule has 0 saturated heterocycles. The maximum atomic E-state index is 5.39. The lowest BCUT2D eigenvalue weighted by Crippen LogP contribution is -2.24. The Morgan fingerprint density at radius 2 is 2.27 bits per heavy atom. The van der Waals surface area contributed by atoms with E-state index in [-0.39, 0.29) is 6.23 Å². The zero-order chi connectivity index (χ0) is 7.68. The van der Waals surface area contributed by atoms with Crippen LogP contribution in [0.4, 0.5) is 5.69 Å². The second-order valence-corrected chi connectivity index (χ2v) is 2.75. The van der Waals surface area contributed by atoms with E-state index < -0.39 is 0 Å². The molecule has 1 heterocycles. The van der Waals surface area contributed by atoms with Crippen molar-refractivity contribution >= 4 is 5.69 Å². The van der Waals surface area contributed by atoms with Crippen LogP contribution in [0.2, 0.25) is 0 Å². The number of fused-ring (bicyclic) bond motifs is 1. The van der Waals surface area contributed by atoms with Gasteiger partial charge in [0.1, 0.15) is 6.23 Å². The van der Waals surface area contributed by atoms with Crippen molar-refractivity contribution in [3.05, 3.63) is 29.8 Å². The molecule has 0 fully saturated rings. The van der Waals surface area contributed by atoms with Gasteiger partial charge in [-0.25, -0.2) is 0 Å². The molecule has 58 valence electrons. The highest BCUT2D eigenvalue weighted by Crippen LogP contribution is 2.21. The molecular weight excluding hydrogens is 138 g/mol. The van der Waals surface area contributed by atoms with Crippen LogP contribution in [0.25, 0.3) is 0 Å². The van der Waals surface area contributed by atoms with Gasteiger partial charge >= 0.3 is 0 Å². The van der Waals surface area contributed by atoms with Crippen LogP contribution in [0.3, 0.4) is 0 Å². The van der Waals surface area contributed by atoms with Gasteiger partial charge in [-0.15, -0.1) is 0 Å². The summed E-state index contributed by atoms with van der Waals surface area (Å²) in [5.41, 5.74) is 2.44. The van der Waals surface area contributed by atoms with Crippen molar-refractivity contribution in [3.63, 3.8) is 0 Å². The number of hydrogen-bond acceptors (Lipinski definition) is 2. The SMILES string of the molecule is CC1Nc2ccccc2CO1. The fourth-order valence-electron chi connectivity index (χ4n) is 1.26. The number of anilines is 1. The Labute approximate surface area is 66.2 Å². The molecule has 1 aromatic carbocycles. The molecule has 2 rings (SSSR count). The quantitative estimate of drug-likeness (QED) is 0.609. The standard InChI is InChI=1S/C9H11NO/c1-7-10-9-5-3-2-4-8(9)6-11-7/h2-5,7,10H,6H2,1H3. The summed E-state index contributed by atoms with van der Waals surface area (Å²) in [6.07, 6.45) is 0.143. The molecule has 11 heavy (non-hydrogen) atoms. The van der Waals surface area contributed by atoms with Crippen LogP contribution in [0.5, 0.6) is 0 Å². The first-order chi connectivity index (χ1) is 5.36. The van der Waals surface area contributed by atoms with Crippen molar-refractivity contribution in [2.24, 2.45) is 0 Å². The minimum atomic E-state index is 0.143. The van der Waals surface area contributed by atoms with E-state index in [0.29, 0.717) is 0 Å². The Balaban J connectivity index is 2.34. The highest BCUT2D eigenvalue weighted by molar-refractivity contribution is 5.52. The van der Waals surface area contributed by atoms with Crippen LogP contribution in [-0.4, -0.2) is 6.23 Å². The second kappa shape index (κ2) is 2.55. The molecule has 0 bridgehead atoms. The van der Waals surface area contributed by atoms with Gasteiger partial charge in [0.2, 0.25) is 0 Å². The third-order valence-electron chi connectivity index (χ3n) is 1.86. The summed E-state index contributed by atoms with van der Waals surface area (Å²) in [6, 6.07) is 8.21. The maximum Gasteiger partial charge on any atom is 0.125 e. The number of ether oxygens (including phenoxy) is 1. The molecule has 1 aromatic rings. The second-order valence-electron chi connectivity index (χ2n) is 2.75. The van der Waals surface area contributed by atoms with E-state index in [4.69, 9.17) is 4.74 Å². The average molecular weight is 149 g/mol. The van der Waals surface area contributed by atoms with Crippen molar-refractivity contribution in [1.82, 2.24) is 0 Å². The minimum absolute atomic E-state index is 0.143. The van der Waals surface area contributed by atoms with Crippen LogP contribution in [0.15, 0.2) is 24.3 Å². The summed E-state index contributed by atoms with van der Waals surface area (Å²) in [5.74, 6) is 0. The lowest BCUT2D eigenvalue weighted by atomic mass is 10.1. The van der Waals surface area contributed by atoms with Crippen LogP contribution in [-0.2, 0) is 11.3 Å². The zero-order valence-electron chi connectivity index (χ0n) is 6.50. The fraction of sp³-hybridized carbons (Fsp3) is 0.333. The molecule has 1 aliphatic rings. The molecule has 1 aliphatic heterocycles. The molecule has 2 heteroatoms. The normalized spacial score (nSPS) is 22.1. The van der Waals surface area contributed by atoms with Crippen LogP contribution >= 0.6 is 0 Å². The number of benzene rings is 1. The maximum absolute atomic E-state index is 5.39. The van der Waals surface area contributed by atoms with Gasteiger partial charge < -0.3 is 10.1 Å². The molecule has 0 saturated carbocycles. The summed E-state index contributed by atoms with van der Waals surface area (Å²) >= 11 is 0. The fourth-order valence-corrected chi connectivity index (χ4v) is 1.26. The first kappa shape index (κ1) is 6.68. The van der Waals surface area contributed by atoms with Crippen LogP contribution in [0.1, 0.15) is 12.5 Å². The highest BCUT2D eigenvalue weighted by atomic mass is 16.5. The highest BCUT2D eigenvalue weighted by Gasteiger charge is 2.11. The minimum Gasteiger partial charge on any atom is -0.360 e. The Morgan fingerprint density at radius 3 is 3.18 bits per heavy atom. The van der Waals surface area contributed by atoms with Gasteiger partial charge in [0.25, 0.3) is 0 Å². The van der Waals surface area contributed by atoms with Crippen molar-refractivity contribution in [1.29, 1.82) is 0 Å². The van der Waals surface area contributed by atoms with Crippen molar-refractivity contribution in [3.8, 4) is 0 Å². The van der Waals surface area contributed by atoms with E-state index in [1.165, 1.54) is 11.3 Å². The monoisotopic (exact) mass is 149 g/mol. The zero-order valence-corrected chi connectivity index (χ0v) is 6.50. The lowest BCUT2D eigenvalue weighted by Gasteiger charge is -2.24. The van der Waals surface area contributed by atoms with E-state index in [1.807, 2.05) is 19.1 Å². The predicted octanol–water partition coefficient (Wildman–Crippen LogP) is 1.97. The molecule has 0 amide bonds. The summed E-state index contributed by atoms with van der Waals surface area (Å²) < 4.78 is 5.39. The molecule has 1 atom stereocenters. The molecule has 0 radical (unpaired) electrons.